The molecule has 20 heteroatoms. The first-order valence-electron chi connectivity index (χ1n) is 18.7. The summed E-state index contributed by atoms with van der Waals surface area (Å²) in [5.74, 6) is 1.47. The number of hydrogen-bond acceptors (Lipinski definition) is 13. The fourth-order valence-corrected chi connectivity index (χ4v) is 9.14. The number of carboxylic acid groups (broad SMARTS) is 1. The molecule has 0 radical (unpaired) electrons. The Labute approximate surface area is 346 Å². The smallest absolute Gasteiger partial charge is 0.303 e. The van der Waals surface area contributed by atoms with Gasteiger partial charge in [0, 0.05) is 76.1 Å². The summed E-state index contributed by atoms with van der Waals surface area (Å²) < 4.78 is 134. The van der Waals surface area contributed by atoms with E-state index in [0.717, 1.165) is 0 Å². The quantitative estimate of drug-likeness (QED) is 0.0986. The number of carbonyl (C=O) groups is 1. The number of anilines is 1. The average molecular weight is 899 g/mol. The van der Waals surface area contributed by atoms with Crippen molar-refractivity contribution in [1.29, 1.82) is 0 Å². The number of carboxylic acids is 1. The molecule has 2 unspecified atom stereocenters. The fraction of sp³-hybridized carbons (Fsp3) is 0.462. The Balaban J connectivity index is 1.90. The topological polar surface area (TPSA) is 266 Å². The first-order chi connectivity index (χ1) is 27.1. The molecule has 1 aliphatic carbocycles. The Morgan fingerprint density at radius 3 is 2.10 bits per heavy atom. The van der Waals surface area contributed by atoms with Gasteiger partial charge in [-0.05, 0) is 73.7 Å². The summed E-state index contributed by atoms with van der Waals surface area (Å²) in [6.45, 7) is 7.95. The number of benzene rings is 2. The molecule has 326 valence electrons. The molecule has 4 rings (SSSR count). The van der Waals surface area contributed by atoms with E-state index >= 15 is 0 Å². The van der Waals surface area contributed by atoms with Crippen LogP contribution in [0.5, 0.6) is 0 Å². The summed E-state index contributed by atoms with van der Waals surface area (Å²) in [4.78, 5) is 13.3. The molecule has 2 N–H and O–H groups in total. The third-order valence-electron chi connectivity index (χ3n) is 9.98. The van der Waals surface area contributed by atoms with Crippen molar-refractivity contribution in [2.45, 2.75) is 81.9 Å². The maximum atomic E-state index is 12.5. The summed E-state index contributed by atoms with van der Waals surface area (Å²) in [6.07, 6.45) is 5.62. The normalized spacial score (nSPS) is 18.7. The molecule has 0 spiro atoms. The highest BCUT2D eigenvalue weighted by atomic mass is 32.2. The number of allylic oxidation sites excluding steroid dienone is 3. The Morgan fingerprint density at radius 1 is 0.898 bits per heavy atom. The van der Waals surface area contributed by atoms with Crippen molar-refractivity contribution in [3.63, 3.8) is 0 Å². The molecule has 59 heavy (non-hydrogen) atoms. The first kappa shape index (κ1) is 47.8. The van der Waals surface area contributed by atoms with Gasteiger partial charge in [0.15, 0.2) is 0 Å². The summed E-state index contributed by atoms with van der Waals surface area (Å²) >= 11 is 0. The van der Waals surface area contributed by atoms with Crippen molar-refractivity contribution >= 4 is 63.8 Å². The fourth-order valence-electron chi connectivity index (χ4n) is 7.11. The highest BCUT2D eigenvalue weighted by Crippen LogP contribution is 2.51. The standard InChI is InChI=1S/C39H52N2O14S4/c1-38(2,3)36-25-28(31-16-14-29(26-34(31)55-36)40(19-8-22-57(46,47)48)20-9-23-58(49,50)51)11-6-12-35-39(4,18-7-13-37(42)43)32-27-30(56(5,44)45)15-17-33(32)41(35)21-10-24-59(52,53)54/h6,11-12,14-17,25-27H,5,7-10,13,18-24H2,1-4H3,(H4-,42,43,44,45,46,47,48,49,50,51,52,53,54)/p-2. The van der Waals surface area contributed by atoms with Gasteiger partial charge in [-0.15, -0.1) is 0 Å². The van der Waals surface area contributed by atoms with Crippen LogP contribution in [0.3, 0.4) is 0 Å². The minimum atomic E-state index is -4.56. The van der Waals surface area contributed by atoms with E-state index in [1.54, 1.807) is 41.0 Å². The van der Waals surface area contributed by atoms with Crippen LogP contribution in [0, 0.1) is 0 Å². The van der Waals surface area contributed by atoms with Gasteiger partial charge < -0.3 is 28.1 Å². The summed E-state index contributed by atoms with van der Waals surface area (Å²) in [6, 6.07) is 11.5. The molecule has 3 aliphatic rings. The van der Waals surface area contributed by atoms with E-state index in [-0.39, 0.29) is 63.1 Å². The molecular weight excluding hydrogens is 849 g/mol. The second-order valence-corrected chi connectivity index (χ2v) is 22.1. The van der Waals surface area contributed by atoms with Crippen molar-refractivity contribution < 1.29 is 62.0 Å². The van der Waals surface area contributed by atoms with Crippen molar-refractivity contribution in [1.82, 2.24) is 4.58 Å². The number of hydrogen-bond donors (Lipinski definition) is 2. The lowest BCUT2D eigenvalue weighted by molar-refractivity contribution is -0.137. The van der Waals surface area contributed by atoms with E-state index in [9.17, 15) is 57.6 Å². The zero-order valence-corrected chi connectivity index (χ0v) is 36.6. The van der Waals surface area contributed by atoms with Gasteiger partial charge >= 0.3 is 5.97 Å². The van der Waals surface area contributed by atoms with E-state index in [2.05, 4.69) is 5.87 Å². The Bertz CT molecular complexity index is 2570. The van der Waals surface area contributed by atoms with Crippen molar-refractivity contribution in [2.75, 3.05) is 41.8 Å². The monoisotopic (exact) mass is 898 g/mol. The molecule has 16 nitrogen and oxygen atoms in total. The second-order valence-electron chi connectivity index (χ2n) is 15.8. The zero-order chi connectivity index (χ0) is 44.2. The molecule has 2 aliphatic heterocycles. The highest BCUT2D eigenvalue weighted by molar-refractivity contribution is 7.95. The maximum absolute atomic E-state index is 12.5. The van der Waals surface area contributed by atoms with Gasteiger partial charge in [-0.2, -0.15) is 8.42 Å². The molecule has 0 amide bonds. The van der Waals surface area contributed by atoms with E-state index in [0.29, 0.717) is 45.0 Å². The van der Waals surface area contributed by atoms with E-state index in [1.165, 1.54) is 12.1 Å². The van der Waals surface area contributed by atoms with E-state index < -0.39 is 74.2 Å². The van der Waals surface area contributed by atoms with Crippen LogP contribution in [0.2, 0.25) is 0 Å². The van der Waals surface area contributed by atoms with Crippen molar-refractivity contribution in [3.05, 3.63) is 82.6 Å². The van der Waals surface area contributed by atoms with Crippen molar-refractivity contribution in [2.24, 2.45) is 0 Å². The van der Waals surface area contributed by atoms with Gasteiger partial charge in [-0.1, -0.05) is 48.6 Å². The lowest BCUT2D eigenvalue weighted by Crippen LogP contribution is -2.33. The molecule has 2 atom stereocenters. The zero-order valence-electron chi connectivity index (χ0n) is 33.3. The summed E-state index contributed by atoms with van der Waals surface area (Å²) in [5, 5.41) is 10.0. The van der Waals surface area contributed by atoms with Crippen LogP contribution in [0.1, 0.15) is 83.1 Å². The number of nitrogens with zero attached hydrogens (tertiary/aromatic N) is 2. The van der Waals surface area contributed by atoms with Gasteiger partial charge in [0.1, 0.15) is 24.6 Å². The number of aliphatic carboxylic acids is 1. The Hall–Kier alpha value is -3.89. The first-order valence-corrected chi connectivity index (χ1v) is 25.1. The van der Waals surface area contributed by atoms with Crippen LogP contribution in [-0.2, 0) is 55.8 Å². The molecule has 0 aromatic heterocycles. The lowest BCUT2D eigenvalue weighted by Gasteiger charge is -2.30. The second kappa shape index (κ2) is 18.4. The van der Waals surface area contributed by atoms with Gasteiger partial charge in [0.05, 0.1) is 32.1 Å². The molecule has 0 bridgehead atoms. The third-order valence-corrected chi connectivity index (χ3v) is 13.3. The van der Waals surface area contributed by atoms with Crippen molar-refractivity contribution in [3.8, 4) is 11.3 Å². The van der Waals surface area contributed by atoms with Crippen LogP contribution >= 0.6 is 0 Å². The largest absolute Gasteiger partial charge is 0.774 e. The van der Waals surface area contributed by atoms with Crippen LogP contribution in [0.25, 0.3) is 17.4 Å². The van der Waals surface area contributed by atoms with Crippen LogP contribution < -0.4 is 14.8 Å². The number of fused-ring (bicyclic) bond motifs is 2. The highest BCUT2D eigenvalue weighted by Gasteiger charge is 2.43. The molecule has 0 saturated heterocycles. The maximum Gasteiger partial charge on any atom is 0.303 e. The average Bonchev–Trinajstić information content (AvgIpc) is 3.30. The van der Waals surface area contributed by atoms with Crippen LogP contribution in [0.4, 0.5) is 5.69 Å². The molecular formula is C39H50N2O14S4-2. The van der Waals surface area contributed by atoms with Gasteiger partial charge in [-0.3, -0.25) is 13.6 Å². The predicted octanol–water partition coefficient (Wildman–Crippen LogP) is 3.74. The SMILES string of the molecule is C=S(=O)([O-])c1ccc2c(c1)C(C)(CCCC(=O)O)/C(=C/C=C/c1cc(C(C)(C)C)oc3cc(=[N+](CCCS(=O)(=O)[O-])CCCS(=O)(=O)O)ccc1-3)N2CCCS(=O)(=O)[O-]. The Kier molecular flexibility index (Phi) is 14.9. The molecule has 0 saturated carbocycles. The van der Waals surface area contributed by atoms with Crippen LogP contribution in [-0.4, -0.2) is 102 Å². The number of rotatable bonds is 19. The third kappa shape index (κ3) is 13.6. The molecule has 2 heterocycles. The molecule has 1 aromatic carbocycles. The van der Waals surface area contributed by atoms with Crippen LogP contribution in [0.15, 0.2) is 69.6 Å². The minimum Gasteiger partial charge on any atom is -0.774 e. The van der Waals surface area contributed by atoms with Gasteiger partial charge in [-0.25, -0.2) is 21.4 Å². The minimum absolute atomic E-state index is 0.0120. The molecule has 0 fully saturated rings. The van der Waals surface area contributed by atoms with E-state index in [4.69, 9.17) is 4.42 Å². The van der Waals surface area contributed by atoms with Gasteiger partial charge in [0.2, 0.25) is 5.36 Å². The summed E-state index contributed by atoms with van der Waals surface area (Å²) in [7, 11) is -17.2. The Morgan fingerprint density at radius 2 is 1.53 bits per heavy atom. The van der Waals surface area contributed by atoms with E-state index in [1.807, 2.05) is 44.7 Å². The molecule has 1 aromatic rings. The van der Waals surface area contributed by atoms with Gasteiger partial charge in [0.25, 0.3) is 10.1 Å². The summed E-state index contributed by atoms with van der Waals surface area (Å²) in [5.41, 5.74) is 1.64. The lowest BCUT2D eigenvalue weighted by atomic mass is 9.77. The predicted molar refractivity (Wildman–Crippen MR) is 222 cm³/mol.